The smallest absolute Gasteiger partial charge is 0.351 e. The Morgan fingerprint density at radius 2 is 1.81 bits per heavy atom. The molecule has 0 radical (unpaired) electrons. The maximum atomic E-state index is 12.5. The van der Waals surface area contributed by atoms with Crippen molar-refractivity contribution in [2.75, 3.05) is 18.2 Å². The molecular formula is C20H18N2O3S2. The fourth-order valence-electron chi connectivity index (χ4n) is 2.49. The van der Waals surface area contributed by atoms with Crippen LogP contribution in [-0.2, 0) is 9.53 Å². The molecule has 0 fully saturated rings. The summed E-state index contributed by atoms with van der Waals surface area (Å²) in [5.41, 5.74) is 2.12. The second kappa shape index (κ2) is 8.83. The van der Waals surface area contributed by atoms with Crippen LogP contribution in [-0.4, -0.2) is 29.7 Å². The van der Waals surface area contributed by atoms with Crippen LogP contribution in [0.1, 0.15) is 14.7 Å². The maximum Gasteiger partial charge on any atom is 0.351 e. The summed E-state index contributed by atoms with van der Waals surface area (Å²) in [6.45, 7) is 1.48. The lowest BCUT2D eigenvalue weighted by atomic mass is 10.1. The molecule has 3 rings (SSSR count). The molecule has 0 unspecified atom stereocenters. The average molecular weight is 399 g/mol. The zero-order valence-electron chi connectivity index (χ0n) is 14.9. The van der Waals surface area contributed by atoms with Crippen LogP contribution in [0.15, 0.2) is 59.5 Å². The number of anilines is 1. The van der Waals surface area contributed by atoms with Crippen LogP contribution < -0.4 is 5.32 Å². The number of rotatable bonds is 6. The molecule has 1 heterocycles. The predicted molar refractivity (Wildman–Crippen MR) is 109 cm³/mol. The van der Waals surface area contributed by atoms with Gasteiger partial charge >= 0.3 is 5.97 Å². The summed E-state index contributed by atoms with van der Waals surface area (Å²) in [5, 5.41) is 3.53. The highest BCUT2D eigenvalue weighted by Crippen LogP contribution is 2.28. The van der Waals surface area contributed by atoms with E-state index in [0.717, 1.165) is 15.5 Å². The van der Waals surface area contributed by atoms with Gasteiger partial charge in [0, 0.05) is 10.5 Å². The van der Waals surface area contributed by atoms with Crippen LogP contribution in [0, 0.1) is 6.92 Å². The second-order valence-electron chi connectivity index (χ2n) is 5.60. The van der Waals surface area contributed by atoms with Gasteiger partial charge in [-0.3, -0.25) is 4.79 Å². The molecule has 3 aromatic rings. The molecule has 1 N–H and O–H groups in total. The number of aryl methyl sites for hydroxylation is 1. The zero-order valence-corrected chi connectivity index (χ0v) is 16.5. The average Bonchev–Trinajstić information content (AvgIpc) is 3.09. The number of benzene rings is 2. The van der Waals surface area contributed by atoms with E-state index in [1.165, 1.54) is 23.1 Å². The van der Waals surface area contributed by atoms with Crippen molar-refractivity contribution in [2.24, 2.45) is 0 Å². The van der Waals surface area contributed by atoms with Crippen LogP contribution >= 0.6 is 23.1 Å². The molecule has 0 aliphatic heterocycles. The Hall–Kier alpha value is -2.64. The normalized spacial score (nSPS) is 10.4. The molecule has 27 heavy (non-hydrogen) atoms. The summed E-state index contributed by atoms with van der Waals surface area (Å²) in [4.78, 5) is 30.4. The third-order valence-electron chi connectivity index (χ3n) is 3.68. The van der Waals surface area contributed by atoms with Gasteiger partial charge in [-0.05, 0) is 25.3 Å². The first-order valence-corrected chi connectivity index (χ1v) is 10.3. The Bertz CT molecular complexity index is 955. The van der Waals surface area contributed by atoms with Crippen molar-refractivity contribution >= 4 is 40.7 Å². The van der Waals surface area contributed by atoms with Crippen molar-refractivity contribution in [3.63, 3.8) is 0 Å². The quantitative estimate of drug-likeness (QED) is 0.484. The number of aromatic nitrogens is 1. The van der Waals surface area contributed by atoms with Crippen molar-refractivity contribution in [1.29, 1.82) is 0 Å². The van der Waals surface area contributed by atoms with Gasteiger partial charge < -0.3 is 10.1 Å². The van der Waals surface area contributed by atoms with E-state index < -0.39 is 5.97 Å². The van der Waals surface area contributed by atoms with Gasteiger partial charge in [0.05, 0.1) is 16.4 Å². The van der Waals surface area contributed by atoms with Gasteiger partial charge in [0.1, 0.15) is 4.88 Å². The second-order valence-corrected chi connectivity index (χ2v) is 7.65. The summed E-state index contributed by atoms with van der Waals surface area (Å²) >= 11 is 2.79. The summed E-state index contributed by atoms with van der Waals surface area (Å²) in [5.74, 6) is -0.930. The molecule has 5 nitrogen and oxygen atoms in total. The number of carbonyl (C=O) groups excluding carboxylic acids is 2. The van der Waals surface area contributed by atoms with E-state index in [4.69, 9.17) is 4.74 Å². The lowest BCUT2D eigenvalue weighted by Crippen LogP contribution is -2.21. The molecule has 0 saturated heterocycles. The fraction of sp³-hybridized carbons (Fsp3) is 0.150. The highest BCUT2D eigenvalue weighted by molar-refractivity contribution is 7.98. The SMILES string of the molecule is CSc1ccccc1NC(=O)COC(=O)c1sc(C)nc1-c1ccccc1. The van der Waals surface area contributed by atoms with E-state index in [2.05, 4.69) is 10.3 Å². The van der Waals surface area contributed by atoms with Gasteiger partial charge in [-0.25, -0.2) is 9.78 Å². The molecular weight excluding hydrogens is 380 g/mol. The molecule has 1 amide bonds. The number of thiazole rings is 1. The van der Waals surface area contributed by atoms with Crippen LogP contribution in [0.4, 0.5) is 5.69 Å². The van der Waals surface area contributed by atoms with Gasteiger partial charge in [0.15, 0.2) is 6.61 Å². The number of nitrogens with one attached hydrogen (secondary N) is 1. The molecule has 138 valence electrons. The van der Waals surface area contributed by atoms with Gasteiger partial charge in [-0.2, -0.15) is 0 Å². The van der Waals surface area contributed by atoms with Crippen molar-refractivity contribution < 1.29 is 14.3 Å². The number of esters is 1. The molecule has 1 aromatic heterocycles. The molecule has 0 atom stereocenters. The Labute approximate surface area is 165 Å². The van der Waals surface area contributed by atoms with Crippen molar-refractivity contribution in [2.45, 2.75) is 11.8 Å². The van der Waals surface area contributed by atoms with Gasteiger partial charge in [0.25, 0.3) is 5.91 Å². The minimum atomic E-state index is -0.548. The standard InChI is InChI=1S/C20H18N2O3S2/c1-13-21-18(14-8-4-3-5-9-14)19(27-13)20(24)25-12-17(23)22-15-10-6-7-11-16(15)26-2/h3-11H,12H2,1-2H3,(H,22,23). The van der Waals surface area contributed by atoms with Crippen LogP contribution in [0.3, 0.4) is 0 Å². The van der Waals surface area contributed by atoms with Crippen molar-refractivity contribution in [1.82, 2.24) is 4.98 Å². The lowest BCUT2D eigenvalue weighted by Gasteiger charge is -2.09. The summed E-state index contributed by atoms with van der Waals surface area (Å²) in [6, 6.07) is 16.9. The minimum Gasteiger partial charge on any atom is -0.451 e. The number of carbonyl (C=O) groups is 2. The topological polar surface area (TPSA) is 68.3 Å². The molecule has 0 saturated carbocycles. The Morgan fingerprint density at radius 1 is 1.11 bits per heavy atom. The molecule has 0 spiro atoms. The molecule has 0 bridgehead atoms. The van der Waals surface area contributed by atoms with Crippen LogP contribution in [0.5, 0.6) is 0 Å². The Balaban J connectivity index is 1.67. The molecule has 7 heteroatoms. The van der Waals surface area contributed by atoms with E-state index in [1.54, 1.807) is 0 Å². The first kappa shape index (κ1) is 19.1. The predicted octanol–water partition coefficient (Wildman–Crippen LogP) is 4.64. The first-order chi connectivity index (χ1) is 13.1. The third-order valence-corrected chi connectivity index (χ3v) is 5.43. The lowest BCUT2D eigenvalue weighted by molar-refractivity contribution is -0.119. The Morgan fingerprint density at radius 3 is 2.56 bits per heavy atom. The number of nitrogens with zero attached hydrogens (tertiary/aromatic N) is 1. The minimum absolute atomic E-state index is 0.354. The van der Waals surface area contributed by atoms with E-state index in [-0.39, 0.29) is 12.5 Å². The molecule has 0 aliphatic carbocycles. The van der Waals surface area contributed by atoms with Gasteiger partial charge in [0.2, 0.25) is 0 Å². The Kier molecular flexibility index (Phi) is 6.26. The number of thioether (sulfide) groups is 1. The van der Waals surface area contributed by atoms with E-state index in [9.17, 15) is 9.59 Å². The van der Waals surface area contributed by atoms with Crippen LogP contribution in [0.25, 0.3) is 11.3 Å². The first-order valence-electron chi connectivity index (χ1n) is 8.21. The zero-order chi connectivity index (χ0) is 19.2. The monoisotopic (exact) mass is 398 g/mol. The summed E-state index contributed by atoms with van der Waals surface area (Å²) in [6.07, 6.45) is 1.93. The van der Waals surface area contributed by atoms with E-state index in [0.29, 0.717) is 16.3 Å². The summed E-state index contributed by atoms with van der Waals surface area (Å²) in [7, 11) is 0. The van der Waals surface area contributed by atoms with E-state index in [1.807, 2.05) is 67.8 Å². The van der Waals surface area contributed by atoms with Gasteiger partial charge in [-0.1, -0.05) is 42.5 Å². The largest absolute Gasteiger partial charge is 0.451 e. The van der Waals surface area contributed by atoms with Gasteiger partial charge in [-0.15, -0.1) is 23.1 Å². The summed E-state index contributed by atoms with van der Waals surface area (Å²) < 4.78 is 5.22. The molecule has 2 aromatic carbocycles. The number of ether oxygens (including phenoxy) is 1. The van der Waals surface area contributed by atoms with E-state index >= 15 is 0 Å². The maximum absolute atomic E-state index is 12.5. The van der Waals surface area contributed by atoms with Crippen LogP contribution in [0.2, 0.25) is 0 Å². The number of hydrogen-bond donors (Lipinski definition) is 1. The fourth-order valence-corrected chi connectivity index (χ4v) is 3.88. The number of para-hydroxylation sites is 1. The van der Waals surface area contributed by atoms with Crippen molar-refractivity contribution in [3.05, 3.63) is 64.5 Å². The van der Waals surface area contributed by atoms with Crippen molar-refractivity contribution in [3.8, 4) is 11.3 Å². The number of amides is 1. The highest BCUT2D eigenvalue weighted by Gasteiger charge is 2.20. The highest BCUT2D eigenvalue weighted by atomic mass is 32.2. The third kappa shape index (κ3) is 4.75. The molecule has 0 aliphatic rings. The number of hydrogen-bond acceptors (Lipinski definition) is 6.